The van der Waals surface area contributed by atoms with Gasteiger partial charge < -0.3 is 9.79 Å². The summed E-state index contributed by atoms with van der Waals surface area (Å²) in [5.74, 6) is -2.36. The average molecular weight is 362 g/mol. The molecule has 1 unspecified atom stereocenters. The molecule has 22 heavy (non-hydrogen) atoms. The Labute approximate surface area is 125 Å². The molecule has 0 saturated heterocycles. The second kappa shape index (κ2) is 7.10. The maximum Gasteiger partial charge on any atom is 0.523 e. The number of rotatable bonds is 7. The Morgan fingerprint density at radius 3 is 2.18 bits per heavy atom. The zero-order valence-corrected chi connectivity index (χ0v) is 12.8. The molecule has 1 aromatic carbocycles. The third-order valence-corrected chi connectivity index (χ3v) is 4.96. The molecule has 0 aliphatic rings. The molecule has 0 aliphatic carbocycles. The van der Waals surface area contributed by atoms with Gasteiger partial charge in [-0.15, -0.1) is 0 Å². The first-order valence-electron chi connectivity index (χ1n) is 6.02. The topological polar surface area (TPSA) is 101 Å². The third kappa shape index (κ3) is 5.69. The van der Waals surface area contributed by atoms with Crippen LogP contribution in [0.25, 0.3) is 0 Å². The largest absolute Gasteiger partial charge is 0.523 e. The van der Waals surface area contributed by atoms with Crippen LogP contribution in [0.2, 0.25) is 0 Å². The number of alkyl halides is 3. The summed E-state index contributed by atoms with van der Waals surface area (Å²) in [5.41, 5.74) is -4.94. The molecular weight excluding hydrogens is 348 g/mol. The lowest BCUT2D eigenvalue weighted by Gasteiger charge is -2.19. The molecule has 0 fully saturated rings. The summed E-state index contributed by atoms with van der Waals surface area (Å²) >= 11 is 0. The highest BCUT2D eigenvalue weighted by molar-refractivity contribution is 7.87. The van der Waals surface area contributed by atoms with Crippen LogP contribution in [0.5, 0.6) is 0 Å². The van der Waals surface area contributed by atoms with Crippen LogP contribution in [0.15, 0.2) is 30.3 Å². The third-order valence-electron chi connectivity index (χ3n) is 2.66. The van der Waals surface area contributed by atoms with Crippen molar-refractivity contribution in [2.45, 2.75) is 30.6 Å². The highest BCUT2D eigenvalue weighted by Gasteiger charge is 2.50. The quantitative estimate of drug-likeness (QED) is 0.439. The van der Waals surface area contributed by atoms with Gasteiger partial charge in [0.1, 0.15) is 0 Å². The van der Waals surface area contributed by atoms with E-state index in [0.717, 1.165) is 5.56 Å². The fourth-order valence-corrected chi connectivity index (χ4v) is 3.40. The number of benzene rings is 1. The lowest BCUT2D eigenvalue weighted by molar-refractivity contribution is -0.0557. The molecule has 1 aromatic rings. The van der Waals surface area contributed by atoms with Crippen molar-refractivity contribution in [1.29, 1.82) is 0 Å². The van der Waals surface area contributed by atoms with Gasteiger partial charge in [0.25, 0.3) is 0 Å². The molecule has 0 radical (unpaired) electrons. The van der Waals surface area contributed by atoms with Gasteiger partial charge in [-0.2, -0.15) is 21.6 Å². The predicted molar refractivity (Wildman–Crippen MR) is 71.3 cm³/mol. The minimum absolute atomic E-state index is 0.0488. The van der Waals surface area contributed by atoms with Crippen molar-refractivity contribution >= 4 is 17.7 Å². The highest BCUT2D eigenvalue weighted by Crippen LogP contribution is 2.46. The van der Waals surface area contributed by atoms with E-state index in [1.165, 1.54) is 0 Å². The number of aryl methyl sites for hydroxylation is 1. The molecule has 126 valence electrons. The highest BCUT2D eigenvalue weighted by atomic mass is 32.2. The molecule has 6 nitrogen and oxygen atoms in total. The zero-order valence-electron chi connectivity index (χ0n) is 11.1. The first-order valence-corrected chi connectivity index (χ1v) is 9.11. The Bertz CT molecular complexity index is 625. The van der Waals surface area contributed by atoms with E-state index < -0.39 is 35.5 Å². The van der Waals surface area contributed by atoms with Gasteiger partial charge in [-0.05, 0) is 24.8 Å². The molecule has 11 heteroatoms. The number of hydrogen-bond acceptors (Lipinski definition) is 4. The molecule has 0 aromatic heterocycles. The fourth-order valence-electron chi connectivity index (χ4n) is 1.60. The van der Waals surface area contributed by atoms with E-state index in [1.54, 1.807) is 30.3 Å². The van der Waals surface area contributed by atoms with Crippen LogP contribution in [0.4, 0.5) is 13.2 Å². The van der Waals surface area contributed by atoms with Crippen molar-refractivity contribution in [3.8, 4) is 0 Å². The van der Waals surface area contributed by atoms with Crippen LogP contribution in [-0.4, -0.2) is 29.6 Å². The first kappa shape index (κ1) is 19.1. The summed E-state index contributed by atoms with van der Waals surface area (Å²) < 4.78 is 73.1. The van der Waals surface area contributed by atoms with Crippen LogP contribution in [0, 0.1) is 0 Å². The molecule has 0 heterocycles. The molecule has 0 spiro atoms. The van der Waals surface area contributed by atoms with Gasteiger partial charge in [-0.25, -0.2) is 4.18 Å². The predicted octanol–water partition coefficient (Wildman–Crippen LogP) is 2.38. The van der Waals surface area contributed by atoms with Crippen LogP contribution in [0.1, 0.15) is 18.4 Å². The zero-order chi connectivity index (χ0) is 17.0. The average Bonchev–Trinajstić information content (AvgIpc) is 2.36. The maximum atomic E-state index is 12.2. The SMILES string of the molecule is O=P(O)(O)C(CCCc1ccccc1)OS(=O)(=O)C(F)(F)F. The Hall–Kier alpha value is -0.930. The Balaban J connectivity index is 2.73. The van der Waals surface area contributed by atoms with E-state index in [0.29, 0.717) is 6.42 Å². The molecule has 2 N–H and O–H groups in total. The lowest BCUT2D eigenvalue weighted by atomic mass is 10.1. The minimum Gasteiger partial charge on any atom is -0.323 e. The first-order chi connectivity index (χ1) is 9.93. The van der Waals surface area contributed by atoms with E-state index >= 15 is 0 Å². The van der Waals surface area contributed by atoms with Crippen LogP contribution < -0.4 is 0 Å². The van der Waals surface area contributed by atoms with E-state index in [1.807, 2.05) is 0 Å². The molecule has 1 rings (SSSR count). The van der Waals surface area contributed by atoms with Crippen LogP contribution >= 0.6 is 7.60 Å². The van der Waals surface area contributed by atoms with Crippen molar-refractivity contribution in [3.63, 3.8) is 0 Å². The van der Waals surface area contributed by atoms with Gasteiger partial charge in [0, 0.05) is 0 Å². The monoisotopic (exact) mass is 362 g/mol. The fraction of sp³-hybridized carbons (Fsp3) is 0.455. The summed E-state index contributed by atoms with van der Waals surface area (Å²) in [4.78, 5) is 17.9. The van der Waals surface area contributed by atoms with Gasteiger partial charge in [-0.3, -0.25) is 4.57 Å². The molecular formula is C11H14F3O6PS. The van der Waals surface area contributed by atoms with Crippen LogP contribution in [0.3, 0.4) is 0 Å². The molecule has 0 bridgehead atoms. The Morgan fingerprint density at radius 2 is 1.73 bits per heavy atom. The van der Waals surface area contributed by atoms with Crippen molar-refractivity contribution in [1.82, 2.24) is 0 Å². The van der Waals surface area contributed by atoms with Gasteiger partial charge in [0.15, 0.2) is 5.85 Å². The molecule has 0 aliphatic heterocycles. The van der Waals surface area contributed by atoms with Gasteiger partial charge in [0.05, 0.1) is 0 Å². The normalized spacial score (nSPS) is 14.8. The second-order valence-electron chi connectivity index (χ2n) is 4.42. The maximum absolute atomic E-state index is 12.2. The standard InChI is InChI=1S/C11H14F3O6PS/c12-11(13,14)22(18,19)20-10(21(15,16)17)8-4-7-9-5-2-1-3-6-9/h1-3,5-6,10H,4,7-8H2,(H2,15,16,17). The van der Waals surface area contributed by atoms with Crippen molar-refractivity contribution in [2.24, 2.45) is 0 Å². The second-order valence-corrected chi connectivity index (χ2v) is 7.74. The van der Waals surface area contributed by atoms with Gasteiger partial charge in [-0.1, -0.05) is 30.3 Å². The van der Waals surface area contributed by atoms with E-state index in [4.69, 9.17) is 9.79 Å². The van der Waals surface area contributed by atoms with Crippen molar-refractivity contribution < 1.29 is 40.1 Å². The Morgan fingerprint density at radius 1 is 1.18 bits per heavy atom. The summed E-state index contributed by atoms with van der Waals surface area (Å²) in [6.45, 7) is 0. The summed E-state index contributed by atoms with van der Waals surface area (Å²) in [5, 5.41) is 0. The number of halogens is 3. The molecule has 0 amide bonds. The number of hydrogen-bond donors (Lipinski definition) is 2. The van der Waals surface area contributed by atoms with E-state index in [9.17, 15) is 26.2 Å². The van der Waals surface area contributed by atoms with Crippen LogP contribution in [-0.2, 0) is 25.3 Å². The Kier molecular flexibility index (Phi) is 6.17. The van der Waals surface area contributed by atoms with Gasteiger partial charge >= 0.3 is 23.2 Å². The van der Waals surface area contributed by atoms with Crippen molar-refractivity contribution in [2.75, 3.05) is 0 Å². The minimum atomic E-state index is -6.07. The van der Waals surface area contributed by atoms with Crippen molar-refractivity contribution in [3.05, 3.63) is 35.9 Å². The summed E-state index contributed by atoms with van der Waals surface area (Å²) in [6, 6.07) is 8.64. The summed E-state index contributed by atoms with van der Waals surface area (Å²) in [7, 11) is -11.2. The molecule has 0 saturated carbocycles. The van der Waals surface area contributed by atoms with E-state index in [2.05, 4.69) is 4.18 Å². The van der Waals surface area contributed by atoms with Gasteiger partial charge in [0.2, 0.25) is 0 Å². The smallest absolute Gasteiger partial charge is 0.323 e. The lowest BCUT2D eigenvalue weighted by Crippen LogP contribution is -2.30. The molecule has 1 atom stereocenters. The van der Waals surface area contributed by atoms with E-state index in [-0.39, 0.29) is 6.42 Å². The summed E-state index contributed by atoms with van der Waals surface area (Å²) in [6.07, 6.45) is -0.172.